The molecule has 19 nitrogen and oxygen atoms in total. The molecular weight excluding hydrogens is 975 g/mol. The van der Waals surface area contributed by atoms with Crippen molar-refractivity contribution in [1.29, 1.82) is 0 Å². The van der Waals surface area contributed by atoms with Crippen molar-refractivity contribution in [1.82, 2.24) is 5.32 Å². The average molecular weight is 1080 g/mol. The minimum absolute atomic E-state index is 0.255. The molecule has 0 aromatic heterocycles. The molecule has 1 amide bonds. The maximum Gasteiger partial charge on any atom is 0.220 e. The number of amides is 1. The quantitative estimate of drug-likeness (QED) is 0.0364. The summed E-state index contributed by atoms with van der Waals surface area (Å²) in [6, 6.07) is -0.876. The molecule has 75 heavy (non-hydrogen) atoms. The highest BCUT2D eigenvalue weighted by molar-refractivity contribution is 5.76. The van der Waals surface area contributed by atoms with Crippen molar-refractivity contribution in [3.05, 3.63) is 0 Å². The van der Waals surface area contributed by atoms with Gasteiger partial charge in [0, 0.05) is 6.42 Å². The first-order valence-electron chi connectivity index (χ1n) is 29.8. The van der Waals surface area contributed by atoms with Crippen molar-refractivity contribution < 1.29 is 89.4 Å². The van der Waals surface area contributed by atoms with E-state index in [1.54, 1.807) is 0 Å². The molecule has 19 heteroatoms. The number of carbonyl (C=O) groups excluding carboxylic acids is 1. The topological polar surface area (TPSA) is 307 Å². The molecule has 0 radical (unpaired) electrons. The van der Waals surface area contributed by atoms with E-state index in [2.05, 4.69) is 12.2 Å². The van der Waals surface area contributed by atoms with E-state index in [4.69, 9.17) is 28.4 Å². The number of carbonyl (C=O) groups is 1. The third-order valence-electron chi connectivity index (χ3n) is 15.4. The second-order valence-electron chi connectivity index (χ2n) is 21.8. The van der Waals surface area contributed by atoms with Crippen molar-refractivity contribution in [2.45, 2.75) is 324 Å². The third kappa shape index (κ3) is 25.4. The van der Waals surface area contributed by atoms with E-state index < -0.39 is 124 Å². The van der Waals surface area contributed by atoms with Gasteiger partial charge in [-0.15, -0.1) is 0 Å². The normalized spacial score (nSPS) is 31.1. The highest BCUT2D eigenvalue weighted by atomic mass is 16.8. The van der Waals surface area contributed by atoms with Gasteiger partial charge in [-0.25, -0.2) is 0 Å². The van der Waals surface area contributed by atoms with Crippen LogP contribution in [0.3, 0.4) is 0 Å². The van der Waals surface area contributed by atoms with Gasteiger partial charge in [-0.3, -0.25) is 4.79 Å². The van der Waals surface area contributed by atoms with Crippen LogP contribution in [0.15, 0.2) is 0 Å². The van der Waals surface area contributed by atoms with Crippen LogP contribution in [0.4, 0.5) is 0 Å². The second-order valence-corrected chi connectivity index (χ2v) is 21.8. The zero-order valence-electron chi connectivity index (χ0n) is 46.0. The van der Waals surface area contributed by atoms with Crippen molar-refractivity contribution >= 4 is 5.91 Å². The van der Waals surface area contributed by atoms with Crippen LogP contribution in [0.1, 0.15) is 219 Å². The molecular formula is C56H107NO18. The number of nitrogens with one attached hydrogen (secondary N) is 1. The van der Waals surface area contributed by atoms with Gasteiger partial charge in [0.2, 0.25) is 5.91 Å². The number of rotatable bonds is 44. The standard InChI is InChI=1S/C56H107NO18/c1-3-5-7-8-9-10-11-12-13-14-15-16-17-18-19-20-21-22-23-24-25-26-27-28-29-30-32-33-40(61)39(57-44(62)34-31-6-4-2)38-70-54-50(68)47(65)52(42(36-59)72-54)75-56-51(69)48(66)53(43(37-60)73-56)74-55-49(67)46(64)45(63)41(35-58)71-55/h39-43,45-56,58-61,63-69H,3-38H2,1-2H3,(H,57,62). The number of hydrogen-bond donors (Lipinski definition) is 12. The van der Waals surface area contributed by atoms with E-state index in [1.165, 1.54) is 148 Å². The number of ether oxygens (including phenoxy) is 6. The predicted octanol–water partition coefficient (Wildman–Crippen LogP) is 4.82. The van der Waals surface area contributed by atoms with Gasteiger partial charge in [-0.1, -0.05) is 200 Å². The fraction of sp³-hybridized carbons (Fsp3) is 0.982. The summed E-state index contributed by atoms with van der Waals surface area (Å²) in [5, 5.41) is 119. The van der Waals surface area contributed by atoms with E-state index in [0.29, 0.717) is 12.8 Å². The molecule has 3 rings (SSSR count). The molecule has 0 aromatic rings. The summed E-state index contributed by atoms with van der Waals surface area (Å²) >= 11 is 0. The molecule has 444 valence electrons. The largest absolute Gasteiger partial charge is 0.394 e. The lowest BCUT2D eigenvalue weighted by atomic mass is 9.96. The smallest absolute Gasteiger partial charge is 0.220 e. The summed E-state index contributed by atoms with van der Waals surface area (Å²) in [7, 11) is 0. The van der Waals surface area contributed by atoms with E-state index in [-0.39, 0.29) is 18.9 Å². The van der Waals surface area contributed by atoms with E-state index >= 15 is 0 Å². The molecule has 12 N–H and O–H groups in total. The molecule has 3 aliphatic rings. The maximum atomic E-state index is 12.9. The van der Waals surface area contributed by atoms with Crippen LogP contribution in [0.25, 0.3) is 0 Å². The Labute approximate surface area is 449 Å². The lowest BCUT2D eigenvalue weighted by Gasteiger charge is -2.48. The molecule has 0 saturated carbocycles. The molecule has 17 unspecified atom stereocenters. The zero-order chi connectivity index (χ0) is 54.8. The number of aliphatic hydroxyl groups is 11. The molecule has 3 aliphatic heterocycles. The van der Waals surface area contributed by atoms with E-state index in [0.717, 1.165) is 38.5 Å². The molecule has 0 aromatic carbocycles. The molecule has 17 atom stereocenters. The fourth-order valence-electron chi connectivity index (χ4n) is 10.5. The van der Waals surface area contributed by atoms with Gasteiger partial charge < -0.3 is 89.9 Å². The van der Waals surface area contributed by atoms with Gasteiger partial charge in [-0.05, 0) is 12.8 Å². The van der Waals surface area contributed by atoms with Gasteiger partial charge in [0.15, 0.2) is 18.9 Å². The van der Waals surface area contributed by atoms with Gasteiger partial charge in [0.1, 0.15) is 73.2 Å². The van der Waals surface area contributed by atoms with E-state index in [1.807, 2.05) is 6.92 Å². The van der Waals surface area contributed by atoms with Crippen LogP contribution in [0.5, 0.6) is 0 Å². The molecule has 3 fully saturated rings. The minimum Gasteiger partial charge on any atom is -0.394 e. The minimum atomic E-state index is -1.97. The van der Waals surface area contributed by atoms with Gasteiger partial charge in [-0.2, -0.15) is 0 Å². The molecule has 0 bridgehead atoms. The van der Waals surface area contributed by atoms with Crippen molar-refractivity contribution in [2.75, 3.05) is 26.4 Å². The first-order chi connectivity index (χ1) is 36.3. The van der Waals surface area contributed by atoms with Crippen LogP contribution in [0, 0.1) is 0 Å². The molecule has 3 saturated heterocycles. The fourth-order valence-corrected chi connectivity index (χ4v) is 10.5. The van der Waals surface area contributed by atoms with Crippen molar-refractivity contribution in [3.8, 4) is 0 Å². The predicted molar refractivity (Wildman–Crippen MR) is 282 cm³/mol. The summed E-state index contributed by atoms with van der Waals surface area (Å²) in [6.45, 7) is 1.61. The Bertz CT molecular complexity index is 1390. The Morgan fingerprint density at radius 3 is 1.16 bits per heavy atom. The van der Waals surface area contributed by atoms with Crippen LogP contribution in [0.2, 0.25) is 0 Å². The lowest BCUT2D eigenvalue weighted by molar-refractivity contribution is -0.379. The second kappa shape index (κ2) is 40.9. The molecule has 0 spiro atoms. The Kier molecular flexibility index (Phi) is 37.1. The molecule has 3 heterocycles. The van der Waals surface area contributed by atoms with Crippen molar-refractivity contribution in [3.63, 3.8) is 0 Å². The third-order valence-corrected chi connectivity index (χ3v) is 15.4. The van der Waals surface area contributed by atoms with Gasteiger partial charge in [0.05, 0.1) is 38.6 Å². The Balaban J connectivity index is 1.33. The number of hydrogen-bond acceptors (Lipinski definition) is 18. The van der Waals surface area contributed by atoms with Gasteiger partial charge in [0.25, 0.3) is 0 Å². The van der Waals surface area contributed by atoms with E-state index in [9.17, 15) is 61.0 Å². The highest BCUT2D eigenvalue weighted by Crippen LogP contribution is 2.33. The Hall–Kier alpha value is -1.21. The summed E-state index contributed by atoms with van der Waals surface area (Å²) in [4.78, 5) is 12.9. The maximum absolute atomic E-state index is 12.9. The lowest BCUT2D eigenvalue weighted by Crippen LogP contribution is -2.66. The van der Waals surface area contributed by atoms with Crippen molar-refractivity contribution in [2.24, 2.45) is 0 Å². The zero-order valence-corrected chi connectivity index (χ0v) is 46.0. The van der Waals surface area contributed by atoms with Crippen LogP contribution in [-0.2, 0) is 33.2 Å². The van der Waals surface area contributed by atoms with Gasteiger partial charge >= 0.3 is 0 Å². The summed E-state index contributed by atoms with van der Waals surface area (Å²) in [6.07, 6.45) is 11.9. The first-order valence-corrected chi connectivity index (χ1v) is 29.8. The molecule has 0 aliphatic carbocycles. The summed E-state index contributed by atoms with van der Waals surface area (Å²) in [5.74, 6) is -0.265. The number of aliphatic hydroxyl groups excluding tert-OH is 11. The Morgan fingerprint density at radius 1 is 0.427 bits per heavy atom. The average Bonchev–Trinajstić information content (AvgIpc) is 3.40. The summed E-state index contributed by atoms with van der Waals surface area (Å²) < 4.78 is 34.1. The number of unbranched alkanes of at least 4 members (excludes halogenated alkanes) is 28. The highest BCUT2D eigenvalue weighted by Gasteiger charge is 2.53. The van der Waals surface area contributed by atoms with Crippen LogP contribution < -0.4 is 5.32 Å². The SMILES string of the molecule is CCCCCCCCCCCCCCCCCCCCCCCCCCCCCC(O)C(COC1OC(CO)C(OC2OC(CO)C(OC3OC(CO)C(O)C(O)C3O)C(O)C2O)C(O)C1O)NC(=O)CCCCC. The Morgan fingerprint density at radius 2 is 0.760 bits per heavy atom. The first kappa shape index (κ1) is 68.1. The monoisotopic (exact) mass is 1080 g/mol. The van der Waals surface area contributed by atoms with Crippen LogP contribution in [-0.4, -0.2) is 193 Å². The summed E-state index contributed by atoms with van der Waals surface area (Å²) in [5.41, 5.74) is 0. The van der Waals surface area contributed by atoms with Crippen LogP contribution >= 0.6 is 0 Å².